The molecule has 5 nitrogen and oxygen atoms in total. The Morgan fingerprint density at radius 2 is 1.79 bits per heavy atom. The van der Waals surface area contributed by atoms with E-state index in [4.69, 9.17) is 9.47 Å². The molecule has 0 atom stereocenters. The van der Waals surface area contributed by atoms with Crippen molar-refractivity contribution in [2.24, 2.45) is 0 Å². The van der Waals surface area contributed by atoms with E-state index < -0.39 is 0 Å². The minimum atomic E-state index is -0.281. The lowest BCUT2D eigenvalue weighted by Crippen LogP contribution is -2.18. The number of nitrogens with one attached hydrogen (secondary N) is 2. The number of hydrogen-bond donors (Lipinski definition) is 2. The molecule has 0 radical (unpaired) electrons. The maximum absolute atomic E-state index is 12.2. The first-order chi connectivity index (χ1) is 11.8. The van der Waals surface area contributed by atoms with Gasteiger partial charge in [0.25, 0.3) is 0 Å². The average molecular weight is 340 g/mol. The molecule has 0 fully saturated rings. The SMILES string of the molecule is O=C(Nc1ccc2c(c1)OCCCO2)Nc1cc2ccccc2s1. The number of hydrogen-bond acceptors (Lipinski definition) is 4. The van der Waals surface area contributed by atoms with Crippen LogP contribution >= 0.6 is 11.3 Å². The van der Waals surface area contributed by atoms with Gasteiger partial charge in [0.15, 0.2) is 11.5 Å². The smallest absolute Gasteiger partial charge is 0.324 e. The Bertz CT molecular complexity index is 858. The van der Waals surface area contributed by atoms with E-state index in [0.717, 1.165) is 21.5 Å². The summed E-state index contributed by atoms with van der Waals surface area (Å²) in [4.78, 5) is 12.2. The van der Waals surface area contributed by atoms with Gasteiger partial charge in [0, 0.05) is 22.9 Å². The second kappa shape index (κ2) is 6.41. The lowest BCUT2D eigenvalue weighted by molar-refractivity contribution is 0.262. The van der Waals surface area contributed by atoms with Crippen molar-refractivity contribution in [2.45, 2.75) is 6.42 Å². The maximum Gasteiger partial charge on any atom is 0.324 e. The summed E-state index contributed by atoms with van der Waals surface area (Å²) in [5, 5.41) is 7.62. The van der Waals surface area contributed by atoms with Crippen molar-refractivity contribution in [2.75, 3.05) is 23.8 Å². The minimum Gasteiger partial charge on any atom is -0.490 e. The highest BCUT2D eigenvalue weighted by Crippen LogP contribution is 2.33. The lowest BCUT2D eigenvalue weighted by atomic mass is 10.2. The van der Waals surface area contributed by atoms with Crippen molar-refractivity contribution >= 4 is 38.1 Å². The van der Waals surface area contributed by atoms with E-state index in [-0.39, 0.29) is 6.03 Å². The van der Waals surface area contributed by atoms with Crippen LogP contribution in [-0.2, 0) is 0 Å². The van der Waals surface area contributed by atoms with E-state index >= 15 is 0 Å². The normalized spacial score (nSPS) is 13.3. The first-order valence-electron chi connectivity index (χ1n) is 7.74. The fraction of sp³-hybridized carbons (Fsp3) is 0.167. The second-order valence-corrected chi connectivity index (χ2v) is 6.52. The van der Waals surface area contributed by atoms with Crippen molar-refractivity contribution in [3.05, 3.63) is 48.5 Å². The molecule has 0 saturated heterocycles. The number of rotatable bonds is 2. The zero-order valence-corrected chi connectivity index (χ0v) is 13.7. The third-order valence-corrected chi connectivity index (χ3v) is 4.70. The van der Waals surface area contributed by atoms with Gasteiger partial charge < -0.3 is 14.8 Å². The summed E-state index contributed by atoms with van der Waals surface area (Å²) in [5.41, 5.74) is 0.665. The van der Waals surface area contributed by atoms with Crippen LogP contribution in [0.1, 0.15) is 6.42 Å². The van der Waals surface area contributed by atoms with Crippen molar-refractivity contribution in [3.8, 4) is 11.5 Å². The molecule has 1 aliphatic heterocycles. The van der Waals surface area contributed by atoms with Crippen LogP contribution in [0.5, 0.6) is 11.5 Å². The largest absolute Gasteiger partial charge is 0.490 e. The van der Waals surface area contributed by atoms with Crippen molar-refractivity contribution in [1.29, 1.82) is 0 Å². The predicted octanol–water partition coefficient (Wildman–Crippen LogP) is 4.71. The van der Waals surface area contributed by atoms with Gasteiger partial charge >= 0.3 is 6.03 Å². The zero-order chi connectivity index (χ0) is 16.4. The number of thiophene rings is 1. The summed E-state index contributed by atoms with van der Waals surface area (Å²) in [6, 6.07) is 15.1. The van der Waals surface area contributed by atoms with Crippen LogP contribution in [0.15, 0.2) is 48.5 Å². The van der Waals surface area contributed by atoms with Crippen LogP contribution in [-0.4, -0.2) is 19.2 Å². The molecule has 122 valence electrons. The standard InChI is InChI=1S/C18H16N2O3S/c21-18(20-17-10-12-4-1-2-5-16(12)24-17)19-13-6-7-14-15(11-13)23-9-3-8-22-14/h1-2,4-7,10-11H,3,8-9H2,(H2,19,20,21). The monoisotopic (exact) mass is 340 g/mol. The summed E-state index contributed by atoms with van der Waals surface area (Å²) in [7, 11) is 0. The van der Waals surface area contributed by atoms with E-state index in [1.54, 1.807) is 23.5 Å². The number of fused-ring (bicyclic) bond motifs is 2. The molecule has 1 aliphatic rings. The third kappa shape index (κ3) is 3.14. The van der Waals surface area contributed by atoms with Crippen LogP contribution in [0, 0.1) is 0 Å². The molecule has 6 heteroatoms. The van der Waals surface area contributed by atoms with Gasteiger partial charge in [0.1, 0.15) is 0 Å². The van der Waals surface area contributed by atoms with Crippen LogP contribution in [0.4, 0.5) is 15.5 Å². The molecule has 0 bridgehead atoms. The van der Waals surface area contributed by atoms with E-state index in [1.807, 2.05) is 36.4 Å². The van der Waals surface area contributed by atoms with Gasteiger partial charge in [-0.05, 0) is 29.7 Å². The summed E-state index contributed by atoms with van der Waals surface area (Å²) in [5.74, 6) is 1.37. The Morgan fingerprint density at radius 3 is 2.67 bits per heavy atom. The van der Waals surface area contributed by atoms with E-state index in [2.05, 4.69) is 10.6 Å². The highest BCUT2D eigenvalue weighted by atomic mass is 32.1. The number of amides is 2. The van der Waals surface area contributed by atoms with E-state index in [1.165, 1.54) is 0 Å². The second-order valence-electron chi connectivity index (χ2n) is 5.44. The molecule has 0 aliphatic carbocycles. The van der Waals surface area contributed by atoms with Gasteiger partial charge in [-0.1, -0.05) is 18.2 Å². The zero-order valence-electron chi connectivity index (χ0n) is 12.9. The average Bonchev–Trinajstić information content (AvgIpc) is 2.83. The lowest BCUT2D eigenvalue weighted by Gasteiger charge is -2.10. The predicted molar refractivity (Wildman–Crippen MR) is 96.5 cm³/mol. The molecule has 0 unspecified atom stereocenters. The molecule has 4 rings (SSSR count). The number of ether oxygens (including phenoxy) is 2. The van der Waals surface area contributed by atoms with Crippen molar-refractivity contribution < 1.29 is 14.3 Å². The number of carbonyl (C=O) groups is 1. The highest BCUT2D eigenvalue weighted by molar-refractivity contribution is 7.22. The highest BCUT2D eigenvalue weighted by Gasteiger charge is 2.12. The fourth-order valence-electron chi connectivity index (χ4n) is 2.56. The van der Waals surface area contributed by atoms with Crippen LogP contribution in [0.2, 0.25) is 0 Å². The van der Waals surface area contributed by atoms with E-state index in [9.17, 15) is 4.79 Å². The van der Waals surface area contributed by atoms with Gasteiger partial charge in [-0.3, -0.25) is 5.32 Å². The van der Waals surface area contributed by atoms with Gasteiger partial charge in [0.2, 0.25) is 0 Å². The first-order valence-corrected chi connectivity index (χ1v) is 8.56. The summed E-state index contributed by atoms with van der Waals surface area (Å²) in [6.45, 7) is 1.26. The maximum atomic E-state index is 12.2. The molecule has 2 heterocycles. The quantitative estimate of drug-likeness (QED) is 0.710. The number of benzene rings is 2. The molecule has 0 spiro atoms. The Labute approximate surface area is 143 Å². The molecule has 0 saturated carbocycles. The number of anilines is 2. The Hall–Kier alpha value is -2.73. The molecule has 2 aromatic carbocycles. The number of urea groups is 1. The van der Waals surface area contributed by atoms with Gasteiger partial charge in [-0.25, -0.2) is 4.79 Å². The molecule has 3 aromatic rings. The topological polar surface area (TPSA) is 59.6 Å². The third-order valence-electron chi connectivity index (χ3n) is 3.67. The number of carbonyl (C=O) groups excluding carboxylic acids is 1. The Kier molecular flexibility index (Phi) is 3.96. The molecule has 1 aromatic heterocycles. The van der Waals surface area contributed by atoms with Crippen molar-refractivity contribution in [3.63, 3.8) is 0 Å². The first kappa shape index (κ1) is 14.8. The van der Waals surface area contributed by atoms with Gasteiger partial charge in [-0.15, -0.1) is 11.3 Å². The Morgan fingerprint density at radius 1 is 0.958 bits per heavy atom. The summed E-state index contributed by atoms with van der Waals surface area (Å²) < 4.78 is 12.4. The van der Waals surface area contributed by atoms with Crippen molar-refractivity contribution in [1.82, 2.24) is 0 Å². The van der Waals surface area contributed by atoms with Crippen LogP contribution in [0.3, 0.4) is 0 Å². The summed E-state index contributed by atoms with van der Waals surface area (Å²) in [6.07, 6.45) is 0.851. The molecule has 2 amide bonds. The van der Waals surface area contributed by atoms with E-state index in [0.29, 0.717) is 30.4 Å². The Balaban J connectivity index is 1.46. The van der Waals surface area contributed by atoms with Gasteiger partial charge in [-0.2, -0.15) is 0 Å². The summed E-state index contributed by atoms with van der Waals surface area (Å²) >= 11 is 1.55. The molecule has 2 N–H and O–H groups in total. The fourth-order valence-corrected chi connectivity index (χ4v) is 3.52. The van der Waals surface area contributed by atoms with Crippen LogP contribution in [0.25, 0.3) is 10.1 Å². The van der Waals surface area contributed by atoms with Gasteiger partial charge in [0.05, 0.1) is 18.2 Å². The minimum absolute atomic E-state index is 0.281. The molecule has 24 heavy (non-hydrogen) atoms. The molecular weight excluding hydrogens is 324 g/mol. The van der Waals surface area contributed by atoms with Crippen LogP contribution < -0.4 is 20.1 Å². The molecular formula is C18H16N2O3S.